The molecule has 0 saturated carbocycles. The number of benzene rings is 1. The number of rotatable bonds is 3. The molecule has 4 heteroatoms. The van der Waals surface area contributed by atoms with Gasteiger partial charge in [-0.1, -0.05) is 18.2 Å². The molecule has 0 aliphatic carbocycles. The molecule has 1 fully saturated rings. The molecule has 0 bridgehead atoms. The van der Waals surface area contributed by atoms with Crippen LogP contribution >= 0.6 is 0 Å². The van der Waals surface area contributed by atoms with Gasteiger partial charge in [-0.3, -0.25) is 4.79 Å². The van der Waals surface area contributed by atoms with Crippen LogP contribution in [0.1, 0.15) is 12.0 Å². The van der Waals surface area contributed by atoms with Crippen LogP contribution in [0, 0.1) is 5.92 Å². The lowest BCUT2D eigenvalue weighted by Crippen LogP contribution is -2.26. The van der Waals surface area contributed by atoms with Crippen molar-refractivity contribution in [3.05, 3.63) is 29.8 Å². The monoisotopic (exact) mass is 220 g/mol. The van der Waals surface area contributed by atoms with E-state index in [-0.39, 0.29) is 18.4 Å². The van der Waals surface area contributed by atoms with Crippen LogP contribution in [0.3, 0.4) is 0 Å². The predicted molar refractivity (Wildman–Crippen MR) is 61.9 cm³/mol. The summed E-state index contributed by atoms with van der Waals surface area (Å²) in [5.41, 5.74) is 7.49. The third-order valence-electron chi connectivity index (χ3n) is 2.97. The van der Waals surface area contributed by atoms with Crippen molar-refractivity contribution in [2.75, 3.05) is 18.1 Å². The van der Waals surface area contributed by atoms with Gasteiger partial charge in [-0.05, 0) is 11.6 Å². The van der Waals surface area contributed by atoms with Crippen LogP contribution in [-0.2, 0) is 11.3 Å². The Labute approximate surface area is 94.7 Å². The Kier molecular flexibility index (Phi) is 3.22. The van der Waals surface area contributed by atoms with Gasteiger partial charge in [-0.25, -0.2) is 0 Å². The van der Waals surface area contributed by atoms with Crippen molar-refractivity contribution in [2.24, 2.45) is 11.7 Å². The first-order valence-electron chi connectivity index (χ1n) is 5.45. The minimum absolute atomic E-state index is 0.0540. The standard InChI is InChI=1S/C12H16N2O2/c13-6-10-3-1-2-4-11(10)14-7-9(8-15)5-12(14)16/h1-4,9,15H,5-8,13H2. The molecule has 0 spiro atoms. The highest BCUT2D eigenvalue weighted by atomic mass is 16.3. The first-order chi connectivity index (χ1) is 7.76. The molecule has 16 heavy (non-hydrogen) atoms. The lowest BCUT2D eigenvalue weighted by molar-refractivity contribution is -0.117. The topological polar surface area (TPSA) is 66.6 Å². The van der Waals surface area contributed by atoms with E-state index in [4.69, 9.17) is 10.8 Å². The van der Waals surface area contributed by atoms with Gasteiger partial charge in [0.25, 0.3) is 0 Å². The molecule has 0 aromatic heterocycles. The fourth-order valence-electron chi connectivity index (χ4n) is 2.08. The van der Waals surface area contributed by atoms with Gasteiger partial charge >= 0.3 is 0 Å². The number of carbonyl (C=O) groups excluding carboxylic acids is 1. The second-order valence-corrected chi connectivity index (χ2v) is 4.09. The second-order valence-electron chi connectivity index (χ2n) is 4.09. The molecule has 1 aliphatic heterocycles. The molecule has 1 saturated heterocycles. The Morgan fingerprint density at radius 2 is 2.19 bits per heavy atom. The zero-order valence-corrected chi connectivity index (χ0v) is 9.10. The molecule has 1 heterocycles. The lowest BCUT2D eigenvalue weighted by atomic mass is 10.1. The molecular weight excluding hydrogens is 204 g/mol. The van der Waals surface area contributed by atoms with E-state index in [1.54, 1.807) is 4.90 Å². The highest BCUT2D eigenvalue weighted by Crippen LogP contribution is 2.27. The summed E-state index contributed by atoms with van der Waals surface area (Å²) in [6, 6.07) is 7.64. The summed E-state index contributed by atoms with van der Waals surface area (Å²) >= 11 is 0. The van der Waals surface area contributed by atoms with Crippen LogP contribution in [-0.4, -0.2) is 24.2 Å². The Morgan fingerprint density at radius 1 is 1.44 bits per heavy atom. The summed E-state index contributed by atoms with van der Waals surface area (Å²) in [5, 5.41) is 9.07. The smallest absolute Gasteiger partial charge is 0.227 e. The van der Waals surface area contributed by atoms with Crippen LogP contribution < -0.4 is 10.6 Å². The van der Waals surface area contributed by atoms with Gasteiger partial charge in [0.2, 0.25) is 5.91 Å². The van der Waals surface area contributed by atoms with Gasteiger partial charge < -0.3 is 15.7 Å². The largest absolute Gasteiger partial charge is 0.396 e. The summed E-state index contributed by atoms with van der Waals surface area (Å²) in [6.07, 6.45) is 0.426. The highest BCUT2D eigenvalue weighted by molar-refractivity contribution is 5.96. The third-order valence-corrected chi connectivity index (χ3v) is 2.97. The predicted octanol–water partition coefficient (Wildman–Crippen LogP) is 0.490. The van der Waals surface area contributed by atoms with Gasteiger partial charge in [0, 0.05) is 37.7 Å². The van der Waals surface area contributed by atoms with E-state index in [1.807, 2.05) is 24.3 Å². The number of carbonyl (C=O) groups is 1. The Hall–Kier alpha value is -1.39. The molecule has 1 atom stereocenters. The minimum atomic E-state index is 0.0540. The van der Waals surface area contributed by atoms with Crippen LogP contribution in [0.2, 0.25) is 0 Å². The van der Waals surface area contributed by atoms with Crippen molar-refractivity contribution in [1.82, 2.24) is 0 Å². The number of hydrogen-bond acceptors (Lipinski definition) is 3. The number of nitrogens with two attached hydrogens (primary N) is 1. The van der Waals surface area contributed by atoms with Crippen molar-refractivity contribution in [2.45, 2.75) is 13.0 Å². The number of anilines is 1. The SMILES string of the molecule is NCc1ccccc1N1CC(CO)CC1=O. The van der Waals surface area contributed by atoms with Gasteiger partial charge in [0.05, 0.1) is 0 Å². The third kappa shape index (κ3) is 1.94. The number of hydrogen-bond donors (Lipinski definition) is 2. The number of para-hydroxylation sites is 1. The summed E-state index contributed by atoms with van der Waals surface area (Å²) < 4.78 is 0. The molecule has 1 aliphatic rings. The maximum atomic E-state index is 11.8. The zero-order valence-electron chi connectivity index (χ0n) is 9.10. The average molecular weight is 220 g/mol. The molecule has 1 aromatic rings. The van der Waals surface area contributed by atoms with E-state index < -0.39 is 0 Å². The Morgan fingerprint density at radius 3 is 2.81 bits per heavy atom. The first-order valence-corrected chi connectivity index (χ1v) is 5.45. The molecule has 2 rings (SSSR count). The Bertz CT molecular complexity index is 392. The van der Waals surface area contributed by atoms with Crippen LogP contribution in [0.4, 0.5) is 5.69 Å². The first kappa shape index (κ1) is 11.1. The van der Waals surface area contributed by atoms with Crippen molar-refractivity contribution >= 4 is 11.6 Å². The van der Waals surface area contributed by atoms with Crippen molar-refractivity contribution in [3.8, 4) is 0 Å². The van der Waals surface area contributed by atoms with Crippen molar-refractivity contribution < 1.29 is 9.90 Å². The Balaban J connectivity index is 2.27. The van der Waals surface area contributed by atoms with Crippen LogP contribution in [0.5, 0.6) is 0 Å². The average Bonchev–Trinajstić information content (AvgIpc) is 2.70. The number of nitrogens with zero attached hydrogens (tertiary/aromatic N) is 1. The molecule has 1 unspecified atom stereocenters. The quantitative estimate of drug-likeness (QED) is 0.779. The zero-order chi connectivity index (χ0) is 11.5. The lowest BCUT2D eigenvalue weighted by Gasteiger charge is -2.19. The van der Waals surface area contributed by atoms with E-state index >= 15 is 0 Å². The molecule has 3 N–H and O–H groups in total. The molecule has 4 nitrogen and oxygen atoms in total. The molecule has 1 aromatic carbocycles. The maximum absolute atomic E-state index is 11.8. The van der Waals surface area contributed by atoms with Gasteiger partial charge in [-0.15, -0.1) is 0 Å². The summed E-state index contributed by atoms with van der Waals surface area (Å²) in [7, 11) is 0. The van der Waals surface area contributed by atoms with E-state index in [0.717, 1.165) is 11.3 Å². The van der Waals surface area contributed by atoms with Crippen LogP contribution in [0.15, 0.2) is 24.3 Å². The van der Waals surface area contributed by atoms with Crippen molar-refractivity contribution in [3.63, 3.8) is 0 Å². The number of aliphatic hydroxyl groups is 1. The van der Waals surface area contributed by atoms with E-state index in [2.05, 4.69) is 0 Å². The summed E-state index contributed by atoms with van der Waals surface area (Å²) in [5.74, 6) is 0.123. The van der Waals surface area contributed by atoms with Gasteiger partial charge in [0.1, 0.15) is 0 Å². The van der Waals surface area contributed by atoms with Gasteiger partial charge in [-0.2, -0.15) is 0 Å². The molecule has 86 valence electrons. The molecule has 0 radical (unpaired) electrons. The summed E-state index contributed by atoms with van der Waals surface area (Å²) in [4.78, 5) is 13.5. The fourth-order valence-corrected chi connectivity index (χ4v) is 2.08. The van der Waals surface area contributed by atoms with E-state index in [0.29, 0.717) is 19.5 Å². The van der Waals surface area contributed by atoms with E-state index in [9.17, 15) is 4.79 Å². The molecular formula is C12H16N2O2. The number of amides is 1. The maximum Gasteiger partial charge on any atom is 0.227 e. The summed E-state index contributed by atoms with van der Waals surface area (Å²) in [6.45, 7) is 1.07. The van der Waals surface area contributed by atoms with Gasteiger partial charge in [0.15, 0.2) is 0 Å². The minimum Gasteiger partial charge on any atom is -0.396 e. The van der Waals surface area contributed by atoms with Crippen molar-refractivity contribution in [1.29, 1.82) is 0 Å². The fraction of sp³-hybridized carbons (Fsp3) is 0.417. The second kappa shape index (κ2) is 4.63. The highest BCUT2D eigenvalue weighted by Gasteiger charge is 2.30. The molecule has 1 amide bonds. The van der Waals surface area contributed by atoms with Crippen LogP contribution in [0.25, 0.3) is 0 Å². The van der Waals surface area contributed by atoms with E-state index in [1.165, 1.54) is 0 Å². The number of aliphatic hydroxyl groups excluding tert-OH is 1. The normalized spacial score (nSPS) is 20.5.